The zero-order valence-electron chi connectivity index (χ0n) is 14.0. The van der Waals surface area contributed by atoms with Gasteiger partial charge in [-0.05, 0) is 36.2 Å². The number of carbonyl (C=O) groups excluding carboxylic acids is 1. The molecule has 4 rings (SSSR count). The minimum absolute atomic E-state index is 0.374. The molecule has 1 amide bonds. The number of carbonyl (C=O) groups is 1. The van der Waals surface area contributed by atoms with Crippen molar-refractivity contribution in [3.05, 3.63) is 65.3 Å². The van der Waals surface area contributed by atoms with Crippen molar-refractivity contribution in [3.8, 4) is 16.9 Å². The summed E-state index contributed by atoms with van der Waals surface area (Å²) < 4.78 is 1.78. The Bertz CT molecular complexity index is 1130. The number of rotatable bonds is 4. The van der Waals surface area contributed by atoms with Crippen LogP contribution in [0, 0.1) is 0 Å². The van der Waals surface area contributed by atoms with Crippen molar-refractivity contribution in [2.24, 2.45) is 5.73 Å². The highest BCUT2D eigenvalue weighted by Crippen LogP contribution is 2.30. The third-order valence-corrected chi connectivity index (χ3v) is 4.62. The monoisotopic (exact) mass is 365 g/mol. The van der Waals surface area contributed by atoms with Gasteiger partial charge in [0.15, 0.2) is 0 Å². The van der Waals surface area contributed by atoms with Gasteiger partial charge in [0.1, 0.15) is 17.7 Å². The van der Waals surface area contributed by atoms with Gasteiger partial charge in [0.25, 0.3) is 5.91 Å². The van der Waals surface area contributed by atoms with Crippen LogP contribution in [0.5, 0.6) is 0 Å². The Kier molecular flexibility index (Phi) is 3.97. The minimum Gasteiger partial charge on any atom is -0.364 e. The zero-order chi connectivity index (χ0) is 18.3. The van der Waals surface area contributed by atoms with Crippen LogP contribution in [0.25, 0.3) is 28.0 Å². The van der Waals surface area contributed by atoms with Crippen molar-refractivity contribution < 1.29 is 4.79 Å². The smallest absolute Gasteiger partial charge is 0.265 e. The molecule has 0 radical (unpaired) electrons. The van der Waals surface area contributed by atoms with Gasteiger partial charge in [0.05, 0.1) is 11.4 Å². The molecule has 0 aliphatic carbocycles. The highest BCUT2D eigenvalue weighted by Gasteiger charge is 2.18. The van der Waals surface area contributed by atoms with Crippen molar-refractivity contribution >= 4 is 28.5 Å². The van der Waals surface area contributed by atoms with Gasteiger partial charge < -0.3 is 15.3 Å². The van der Waals surface area contributed by atoms with E-state index in [0.717, 1.165) is 40.0 Å². The Morgan fingerprint density at radius 1 is 1.27 bits per heavy atom. The van der Waals surface area contributed by atoms with E-state index in [2.05, 4.69) is 21.9 Å². The average molecular weight is 366 g/mol. The van der Waals surface area contributed by atoms with Crippen molar-refractivity contribution in [2.75, 3.05) is 0 Å². The van der Waals surface area contributed by atoms with E-state index in [9.17, 15) is 4.79 Å². The number of halogens is 1. The number of H-pyrrole nitrogens is 1. The predicted octanol–water partition coefficient (Wildman–Crippen LogP) is 3.73. The summed E-state index contributed by atoms with van der Waals surface area (Å²) in [6.07, 6.45) is 5.96. The summed E-state index contributed by atoms with van der Waals surface area (Å²) in [5.41, 5.74) is 10.2. The summed E-state index contributed by atoms with van der Waals surface area (Å²) in [7, 11) is 0. The summed E-state index contributed by atoms with van der Waals surface area (Å²) >= 11 is 6.19. The second-order valence-electron chi connectivity index (χ2n) is 5.94. The van der Waals surface area contributed by atoms with E-state index in [-0.39, 0.29) is 0 Å². The Morgan fingerprint density at radius 2 is 2.12 bits per heavy atom. The molecule has 0 unspecified atom stereocenters. The number of nitrogens with zero attached hydrogens (tertiary/aromatic N) is 3. The van der Waals surface area contributed by atoms with Crippen LogP contribution in [-0.2, 0) is 6.42 Å². The number of aryl methyl sites for hydroxylation is 1. The van der Waals surface area contributed by atoms with Crippen LogP contribution in [0.4, 0.5) is 0 Å². The first-order chi connectivity index (χ1) is 12.6. The van der Waals surface area contributed by atoms with Crippen molar-refractivity contribution in [1.82, 2.24) is 19.5 Å². The maximum absolute atomic E-state index is 12.1. The quantitative estimate of drug-likeness (QED) is 0.577. The topological polar surface area (TPSA) is 89.6 Å². The number of fused-ring (bicyclic) bond motifs is 1. The molecule has 0 aliphatic heterocycles. The van der Waals surface area contributed by atoms with E-state index in [0.29, 0.717) is 10.7 Å². The highest BCUT2D eigenvalue weighted by molar-refractivity contribution is 6.30. The molecule has 3 N–H and O–H groups in total. The third-order valence-electron chi connectivity index (χ3n) is 4.39. The Balaban J connectivity index is 1.97. The van der Waals surface area contributed by atoms with E-state index in [1.165, 1.54) is 6.33 Å². The van der Waals surface area contributed by atoms with Gasteiger partial charge in [-0.2, -0.15) is 0 Å². The van der Waals surface area contributed by atoms with Crippen LogP contribution >= 0.6 is 11.6 Å². The largest absolute Gasteiger partial charge is 0.364 e. The van der Waals surface area contributed by atoms with Gasteiger partial charge in [0, 0.05) is 28.4 Å². The second kappa shape index (κ2) is 6.31. The summed E-state index contributed by atoms with van der Waals surface area (Å²) in [5, 5.41) is 1.47. The van der Waals surface area contributed by atoms with Gasteiger partial charge in [-0.1, -0.05) is 24.6 Å². The molecular weight excluding hydrogens is 350 g/mol. The molecule has 0 bridgehead atoms. The second-order valence-corrected chi connectivity index (χ2v) is 6.37. The SMILES string of the molecule is CCc1ccc(Cl)cc1-n1cc(-c2ncnc3[nH]ccc23)cc1C(N)=O. The lowest BCUT2D eigenvalue weighted by Crippen LogP contribution is -2.16. The van der Waals surface area contributed by atoms with Crippen LogP contribution in [0.1, 0.15) is 23.0 Å². The summed E-state index contributed by atoms with van der Waals surface area (Å²) in [6, 6.07) is 9.28. The summed E-state index contributed by atoms with van der Waals surface area (Å²) in [5.74, 6) is -0.516. The standard InChI is InChI=1S/C19H16ClN5O/c1-2-11-3-4-13(20)8-15(11)25-9-12(7-16(25)18(21)26)17-14-5-6-22-19(14)24-10-23-17/h3-10H,2H2,1H3,(H2,21,26)(H,22,23,24). The Labute approximate surface area is 154 Å². The van der Waals surface area contributed by atoms with Gasteiger partial charge in [-0.3, -0.25) is 4.79 Å². The van der Waals surface area contributed by atoms with Crippen LogP contribution in [0.15, 0.2) is 49.1 Å². The third kappa shape index (κ3) is 2.64. The maximum atomic E-state index is 12.1. The number of hydrogen-bond acceptors (Lipinski definition) is 3. The van der Waals surface area contributed by atoms with Crippen LogP contribution in [0.3, 0.4) is 0 Å². The first kappa shape index (κ1) is 16.4. The minimum atomic E-state index is -0.516. The molecule has 0 saturated heterocycles. The van der Waals surface area contributed by atoms with Crippen LogP contribution in [-0.4, -0.2) is 25.4 Å². The Hall–Kier alpha value is -3.12. The molecular formula is C19H16ClN5O. The normalized spacial score (nSPS) is 11.2. The first-order valence-corrected chi connectivity index (χ1v) is 8.55. The summed E-state index contributed by atoms with van der Waals surface area (Å²) in [6.45, 7) is 2.05. The zero-order valence-corrected chi connectivity index (χ0v) is 14.8. The lowest BCUT2D eigenvalue weighted by atomic mass is 10.1. The van der Waals surface area contributed by atoms with E-state index in [1.807, 2.05) is 30.5 Å². The van der Waals surface area contributed by atoms with Crippen molar-refractivity contribution in [3.63, 3.8) is 0 Å². The molecule has 26 heavy (non-hydrogen) atoms. The van der Waals surface area contributed by atoms with Gasteiger partial charge in [0.2, 0.25) is 0 Å². The fourth-order valence-electron chi connectivity index (χ4n) is 3.14. The van der Waals surface area contributed by atoms with E-state index in [1.54, 1.807) is 16.8 Å². The number of hydrogen-bond donors (Lipinski definition) is 2. The number of amides is 1. The fraction of sp³-hybridized carbons (Fsp3) is 0.105. The molecule has 3 aromatic heterocycles. The number of primary amides is 1. The van der Waals surface area contributed by atoms with Crippen LogP contribution < -0.4 is 5.73 Å². The van der Waals surface area contributed by atoms with Crippen molar-refractivity contribution in [2.45, 2.75) is 13.3 Å². The fourth-order valence-corrected chi connectivity index (χ4v) is 3.31. The van der Waals surface area contributed by atoms with Gasteiger partial charge in [-0.15, -0.1) is 0 Å². The van der Waals surface area contributed by atoms with E-state index in [4.69, 9.17) is 17.3 Å². The van der Waals surface area contributed by atoms with Crippen LogP contribution in [0.2, 0.25) is 5.02 Å². The summed E-state index contributed by atoms with van der Waals surface area (Å²) in [4.78, 5) is 23.7. The molecule has 0 atom stereocenters. The number of aromatic nitrogens is 4. The molecule has 7 heteroatoms. The molecule has 0 saturated carbocycles. The molecule has 0 aliphatic rings. The van der Waals surface area contributed by atoms with Gasteiger partial charge >= 0.3 is 0 Å². The number of nitrogens with two attached hydrogens (primary N) is 1. The molecule has 6 nitrogen and oxygen atoms in total. The van der Waals surface area contributed by atoms with Gasteiger partial charge in [-0.25, -0.2) is 9.97 Å². The molecule has 0 fully saturated rings. The number of aromatic amines is 1. The molecule has 0 spiro atoms. The molecule has 4 aromatic rings. The Morgan fingerprint density at radius 3 is 2.88 bits per heavy atom. The maximum Gasteiger partial charge on any atom is 0.265 e. The first-order valence-electron chi connectivity index (χ1n) is 8.18. The predicted molar refractivity (Wildman–Crippen MR) is 102 cm³/mol. The highest BCUT2D eigenvalue weighted by atomic mass is 35.5. The number of nitrogens with one attached hydrogen (secondary N) is 1. The molecule has 130 valence electrons. The lowest BCUT2D eigenvalue weighted by Gasteiger charge is -2.12. The van der Waals surface area contributed by atoms with E-state index >= 15 is 0 Å². The van der Waals surface area contributed by atoms with Crippen molar-refractivity contribution in [1.29, 1.82) is 0 Å². The lowest BCUT2D eigenvalue weighted by molar-refractivity contribution is 0.0994. The number of benzene rings is 1. The average Bonchev–Trinajstić information content (AvgIpc) is 3.28. The molecule has 3 heterocycles. The van der Waals surface area contributed by atoms with E-state index < -0.39 is 5.91 Å². The molecule has 1 aromatic carbocycles.